The molecule has 5 aromatic rings. The van der Waals surface area contributed by atoms with E-state index in [1.165, 1.54) is 24.8 Å². The topological polar surface area (TPSA) is 132 Å². The molecule has 0 saturated heterocycles. The molecule has 10 heteroatoms. The van der Waals surface area contributed by atoms with Gasteiger partial charge in [-0.15, -0.1) is 11.3 Å². The van der Waals surface area contributed by atoms with E-state index < -0.39 is 5.97 Å². The number of carbonyl (C=O) groups is 2. The summed E-state index contributed by atoms with van der Waals surface area (Å²) in [4.78, 5) is 37.6. The van der Waals surface area contributed by atoms with Crippen LogP contribution in [0.3, 0.4) is 0 Å². The van der Waals surface area contributed by atoms with Crippen LogP contribution in [0.1, 0.15) is 26.3 Å². The Morgan fingerprint density at radius 2 is 1.80 bits per heavy atom. The molecule has 174 valence electrons. The number of hydrogen-bond acceptors (Lipinski definition) is 9. The molecule has 0 saturated carbocycles. The van der Waals surface area contributed by atoms with Crippen molar-refractivity contribution in [3.63, 3.8) is 0 Å². The van der Waals surface area contributed by atoms with E-state index in [2.05, 4.69) is 25.6 Å². The Labute approximate surface area is 204 Å². The van der Waals surface area contributed by atoms with Gasteiger partial charge >= 0.3 is 5.97 Å². The van der Waals surface area contributed by atoms with Gasteiger partial charge in [0, 0.05) is 28.0 Å². The van der Waals surface area contributed by atoms with Crippen molar-refractivity contribution in [1.82, 2.24) is 15.0 Å². The number of anilines is 4. The Balaban J connectivity index is 1.48. The third-order valence-corrected chi connectivity index (χ3v) is 6.58. The number of esters is 1. The number of aromatic nitrogens is 3. The summed E-state index contributed by atoms with van der Waals surface area (Å²) in [6, 6.07) is 12.6. The molecule has 0 bridgehead atoms. The highest BCUT2D eigenvalue weighted by Crippen LogP contribution is 2.34. The summed E-state index contributed by atoms with van der Waals surface area (Å²) in [7, 11) is 1.34. The summed E-state index contributed by atoms with van der Waals surface area (Å²) in [5.41, 5.74) is 9.68. The first kappa shape index (κ1) is 22.2. The molecule has 0 fully saturated rings. The number of hydrogen-bond donors (Lipinski definition) is 3. The number of nitrogens with one attached hydrogen (secondary N) is 2. The number of nitrogens with two attached hydrogens (primary N) is 1. The highest BCUT2D eigenvalue weighted by Gasteiger charge is 2.18. The summed E-state index contributed by atoms with van der Waals surface area (Å²) in [6.07, 6.45) is 3.03. The van der Waals surface area contributed by atoms with Crippen LogP contribution in [0.4, 0.5) is 23.0 Å². The molecule has 3 aromatic heterocycles. The van der Waals surface area contributed by atoms with Gasteiger partial charge in [0.1, 0.15) is 18.0 Å². The van der Waals surface area contributed by atoms with Crippen molar-refractivity contribution >= 4 is 67.2 Å². The smallest absolute Gasteiger partial charge is 0.337 e. The van der Waals surface area contributed by atoms with Crippen LogP contribution in [0.2, 0.25) is 0 Å². The number of carbonyl (C=O) groups excluding carboxylic acids is 2. The zero-order valence-electron chi connectivity index (χ0n) is 18.8. The number of aryl methyl sites for hydroxylation is 1. The number of methoxy groups -OCH3 is 1. The fourth-order valence-corrected chi connectivity index (χ4v) is 4.69. The largest absolute Gasteiger partial charge is 0.465 e. The standard InChI is InChI=1S/C25H20N6O3S/c1-13-3-8-17-16(9-10-27-23(17)30-15-6-4-14(5-7-15)25(33)34-2)19(13)31-24(32)18-11-35-21-20(18)28-12-29-22(21)26/h3-12H,1-2H3,(H,27,30)(H,31,32)(H2,26,28,29). The lowest BCUT2D eigenvalue weighted by molar-refractivity contribution is 0.0600. The van der Waals surface area contributed by atoms with Crippen LogP contribution in [0.15, 0.2) is 60.4 Å². The van der Waals surface area contributed by atoms with E-state index in [0.717, 1.165) is 22.0 Å². The predicted octanol–water partition coefficient (Wildman–Crippen LogP) is 4.91. The second-order valence-electron chi connectivity index (χ2n) is 7.75. The number of nitrogen functional groups attached to an aromatic ring is 1. The number of fused-ring (bicyclic) bond motifs is 2. The van der Waals surface area contributed by atoms with Crippen molar-refractivity contribution in [3.8, 4) is 0 Å². The third-order valence-electron chi connectivity index (χ3n) is 5.59. The van der Waals surface area contributed by atoms with Crippen molar-refractivity contribution < 1.29 is 14.3 Å². The van der Waals surface area contributed by atoms with Gasteiger partial charge in [-0.1, -0.05) is 12.1 Å². The molecule has 35 heavy (non-hydrogen) atoms. The van der Waals surface area contributed by atoms with E-state index in [-0.39, 0.29) is 5.91 Å². The van der Waals surface area contributed by atoms with Gasteiger partial charge in [0.15, 0.2) is 0 Å². The lowest BCUT2D eigenvalue weighted by Crippen LogP contribution is -2.13. The van der Waals surface area contributed by atoms with Crippen LogP contribution in [-0.2, 0) is 4.74 Å². The average Bonchev–Trinajstić information content (AvgIpc) is 3.31. The zero-order valence-corrected chi connectivity index (χ0v) is 19.6. The number of thiophene rings is 1. The molecule has 5 rings (SSSR count). The minimum Gasteiger partial charge on any atom is -0.465 e. The summed E-state index contributed by atoms with van der Waals surface area (Å²) in [5.74, 6) is 0.282. The van der Waals surface area contributed by atoms with Gasteiger partial charge in [0.05, 0.1) is 34.1 Å². The minimum absolute atomic E-state index is 0.283. The quantitative estimate of drug-likeness (QED) is 0.300. The molecular formula is C25H20N6O3S. The van der Waals surface area contributed by atoms with E-state index in [1.54, 1.807) is 35.8 Å². The van der Waals surface area contributed by atoms with Crippen molar-refractivity contribution in [2.75, 3.05) is 23.5 Å². The molecule has 0 aliphatic carbocycles. The highest BCUT2D eigenvalue weighted by atomic mass is 32.1. The Hall–Kier alpha value is -4.57. The average molecular weight is 485 g/mol. The molecule has 0 radical (unpaired) electrons. The first-order valence-electron chi connectivity index (χ1n) is 10.6. The summed E-state index contributed by atoms with van der Waals surface area (Å²) in [5, 5.41) is 9.72. The molecule has 3 heterocycles. The third kappa shape index (κ3) is 4.11. The molecule has 9 nitrogen and oxygen atoms in total. The van der Waals surface area contributed by atoms with Crippen molar-refractivity contribution in [1.29, 1.82) is 0 Å². The van der Waals surface area contributed by atoms with Crippen LogP contribution >= 0.6 is 11.3 Å². The second kappa shape index (κ2) is 8.99. The van der Waals surface area contributed by atoms with Crippen molar-refractivity contribution in [2.24, 2.45) is 0 Å². The second-order valence-corrected chi connectivity index (χ2v) is 8.63. The van der Waals surface area contributed by atoms with E-state index in [4.69, 9.17) is 10.5 Å². The molecule has 0 unspecified atom stereocenters. The van der Waals surface area contributed by atoms with Crippen LogP contribution in [0.25, 0.3) is 21.0 Å². The van der Waals surface area contributed by atoms with Crippen LogP contribution in [0, 0.1) is 6.92 Å². The van der Waals surface area contributed by atoms with Gasteiger partial charge < -0.3 is 21.1 Å². The molecular weight excluding hydrogens is 464 g/mol. The fraction of sp³-hybridized carbons (Fsp3) is 0.0800. The molecule has 0 spiro atoms. The number of amides is 1. The highest BCUT2D eigenvalue weighted by molar-refractivity contribution is 7.18. The number of rotatable bonds is 5. The van der Waals surface area contributed by atoms with Gasteiger partial charge in [0.2, 0.25) is 0 Å². The summed E-state index contributed by atoms with van der Waals surface area (Å²) in [6.45, 7) is 1.93. The van der Waals surface area contributed by atoms with Crippen LogP contribution in [-0.4, -0.2) is 33.9 Å². The van der Waals surface area contributed by atoms with Crippen molar-refractivity contribution in [3.05, 3.63) is 77.1 Å². The molecule has 0 aliphatic heterocycles. The van der Waals surface area contributed by atoms with Crippen molar-refractivity contribution in [2.45, 2.75) is 6.92 Å². The van der Waals surface area contributed by atoms with E-state index in [1.807, 2.05) is 25.1 Å². The Bertz CT molecular complexity index is 1600. The molecule has 2 aromatic carbocycles. The Kier molecular flexibility index (Phi) is 5.71. The lowest BCUT2D eigenvalue weighted by Gasteiger charge is -2.15. The van der Waals surface area contributed by atoms with E-state index >= 15 is 0 Å². The zero-order chi connectivity index (χ0) is 24.5. The SMILES string of the molecule is COC(=O)c1ccc(Nc2nccc3c(NC(=O)c4csc5c(N)ncnc45)c(C)ccc23)cc1. The van der Waals surface area contributed by atoms with Gasteiger partial charge in [-0.05, 0) is 42.8 Å². The maximum atomic E-state index is 13.2. The predicted molar refractivity (Wildman–Crippen MR) is 137 cm³/mol. The first-order valence-corrected chi connectivity index (χ1v) is 11.5. The Morgan fingerprint density at radius 3 is 2.57 bits per heavy atom. The van der Waals surface area contributed by atoms with Crippen LogP contribution in [0.5, 0.6) is 0 Å². The molecule has 0 atom stereocenters. The van der Waals surface area contributed by atoms with Gasteiger partial charge in [0.25, 0.3) is 5.91 Å². The maximum Gasteiger partial charge on any atom is 0.337 e. The van der Waals surface area contributed by atoms with E-state index in [0.29, 0.717) is 38.7 Å². The molecule has 0 aliphatic rings. The maximum absolute atomic E-state index is 13.2. The monoisotopic (exact) mass is 484 g/mol. The number of pyridine rings is 1. The normalized spacial score (nSPS) is 10.9. The van der Waals surface area contributed by atoms with E-state index in [9.17, 15) is 9.59 Å². The number of nitrogens with zero attached hydrogens (tertiary/aromatic N) is 3. The minimum atomic E-state index is -0.400. The van der Waals surface area contributed by atoms with Gasteiger partial charge in [-0.25, -0.2) is 19.7 Å². The molecule has 4 N–H and O–H groups in total. The lowest BCUT2D eigenvalue weighted by atomic mass is 10.0. The fourth-order valence-electron chi connectivity index (χ4n) is 3.78. The molecule has 1 amide bonds. The Morgan fingerprint density at radius 1 is 1.00 bits per heavy atom. The summed E-state index contributed by atoms with van der Waals surface area (Å²) < 4.78 is 5.43. The summed E-state index contributed by atoms with van der Waals surface area (Å²) >= 11 is 1.34. The number of benzene rings is 2. The first-order chi connectivity index (χ1) is 17.0. The number of ether oxygens (including phenoxy) is 1. The van der Waals surface area contributed by atoms with Crippen LogP contribution < -0.4 is 16.4 Å². The van der Waals surface area contributed by atoms with Gasteiger partial charge in [-0.2, -0.15) is 0 Å². The van der Waals surface area contributed by atoms with Gasteiger partial charge in [-0.3, -0.25) is 4.79 Å².